The van der Waals surface area contributed by atoms with Crippen molar-refractivity contribution in [3.05, 3.63) is 0 Å². The van der Waals surface area contributed by atoms with Crippen LogP contribution in [0.2, 0.25) is 0 Å². The molecule has 0 aromatic carbocycles. The summed E-state index contributed by atoms with van der Waals surface area (Å²) in [5, 5.41) is 2.82. The van der Waals surface area contributed by atoms with Gasteiger partial charge in [-0.25, -0.2) is 9.59 Å². The van der Waals surface area contributed by atoms with E-state index in [0.717, 1.165) is 0 Å². The van der Waals surface area contributed by atoms with E-state index in [-0.39, 0.29) is 6.61 Å². The van der Waals surface area contributed by atoms with E-state index < -0.39 is 28.9 Å². The fraction of sp³-hybridized carbons (Fsp3) is 0.867. The van der Waals surface area contributed by atoms with Crippen molar-refractivity contribution in [2.45, 2.75) is 58.3 Å². The van der Waals surface area contributed by atoms with Crippen LogP contribution in [0.4, 0.5) is 9.59 Å². The summed E-state index contributed by atoms with van der Waals surface area (Å²) in [6.07, 6.45) is 0.875. The Morgan fingerprint density at radius 3 is 2.04 bits per heavy atom. The molecule has 0 radical (unpaired) electrons. The predicted molar refractivity (Wildman–Crippen MR) is 89.4 cm³/mol. The minimum Gasteiger partial charge on any atom is -0.444 e. The molecule has 2 amide bonds. The molecule has 1 aliphatic rings. The highest BCUT2D eigenvalue weighted by Crippen LogP contribution is 2.26. The summed E-state index contributed by atoms with van der Waals surface area (Å²) in [4.78, 5) is 25.6. The second-order valence-corrected chi connectivity index (χ2v) is 8.24. The van der Waals surface area contributed by atoms with Crippen molar-refractivity contribution in [3.8, 4) is 0 Å². The summed E-state index contributed by atoms with van der Waals surface area (Å²) < 4.78 is 16.0. The second kappa shape index (κ2) is 7.17. The smallest absolute Gasteiger partial charge is 0.410 e. The molecule has 0 atom stereocenters. The first kappa shape index (κ1) is 19.9. The van der Waals surface area contributed by atoms with Gasteiger partial charge in [0, 0.05) is 6.26 Å². The van der Waals surface area contributed by atoms with Crippen LogP contribution in [0.3, 0.4) is 0 Å². The number of ether oxygens (including phenoxy) is 2. The maximum Gasteiger partial charge on any atom is 0.410 e. The number of hydrogen-bond donors (Lipinski definition) is 1. The Hall–Kier alpha value is -1.15. The normalized spacial score (nSPS) is 17.3. The number of alkyl carbamates (subject to hydrolysis) is 1. The third-order valence-electron chi connectivity index (χ3n) is 2.86. The van der Waals surface area contributed by atoms with E-state index in [9.17, 15) is 9.59 Å². The van der Waals surface area contributed by atoms with Crippen LogP contribution in [-0.4, -0.2) is 59.8 Å². The van der Waals surface area contributed by atoms with Gasteiger partial charge >= 0.3 is 12.2 Å². The molecule has 1 aliphatic heterocycles. The lowest BCUT2D eigenvalue weighted by Gasteiger charge is -2.49. The Balaban J connectivity index is 2.63. The third-order valence-corrected chi connectivity index (χ3v) is 3.21. The van der Waals surface area contributed by atoms with E-state index in [1.165, 1.54) is 16.9 Å². The van der Waals surface area contributed by atoms with Crippen LogP contribution in [-0.2, 0) is 13.7 Å². The molecule has 134 valence electrons. The summed E-state index contributed by atoms with van der Waals surface area (Å²) in [6.45, 7) is 11.8. The number of carbonyl (C=O) groups excluding carboxylic acids is 2. The molecule has 0 saturated carbocycles. The van der Waals surface area contributed by atoms with E-state index in [4.69, 9.17) is 13.7 Å². The van der Waals surface area contributed by atoms with Crippen LogP contribution in [0.15, 0.2) is 0 Å². The lowest BCUT2D eigenvalue weighted by atomic mass is 9.91. The summed E-state index contributed by atoms with van der Waals surface area (Å²) in [7, 11) is 0. The molecule has 1 N–H and O–H groups in total. The van der Waals surface area contributed by atoms with Crippen molar-refractivity contribution in [1.82, 2.24) is 10.2 Å². The van der Waals surface area contributed by atoms with Crippen molar-refractivity contribution in [2.24, 2.45) is 0 Å². The standard InChI is InChI=1S/C15H28N2O5S/c1-13(2,3)21-11(18)16-15(10-20-23-7)8-17(9-15)12(19)22-14(4,5)6/h8-10H2,1-7H3,(H,16,18). The summed E-state index contributed by atoms with van der Waals surface area (Å²) in [5.41, 5.74) is -1.79. The Labute approximate surface area is 142 Å². The average molecular weight is 348 g/mol. The van der Waals surface area contributed by atoms with Gasteiger partial charge in [-0.05, 0) is 53.6 Å². The van der Waals surface area contributed by atoms with E-state index in [1.54, 1.807) is 27.0 Å². The zero-order chi connectivity index (χ0) is 17.9. The molecule has 7 nitrogen and oxygen atoms in total. The Kier molecular flexibility index (Phi) is 6.20. The largest absolute Gasteiger partial charge is 0.444 e. The van der Waals surface area contributed by atoms with Crippen LogP contribution in [0.25, 0.3) is 0 Å². The quantitative estimate of drug-likeness (QED) is 0.787. The lowest BCUT2D eigenvalue weighted by Crippen LogP contribution is -2.73. The molecule has 0 unspecified atom stereocenters. The SMILES string of the molecule is CSOCC1(NC(=O)OC(C)(C)C)CN(C(=O)OC(C)(C)C)C1. The van der Waals surface area contributed by atoms with Crippen LogP contribution < -0.4 is 5.32 Å². The van der Waals surface area contributed by atoms with Crippen molar-refractivity contribution >= 4 is 24.2 Å². The Morgan fingerprint density at radius 2 is 1.61 bits per heavy atom. The number of hydrogen-bond acceptors (Lipinski definition) is 6. The molecule has 8 heteroatoms. The van der Waals surface area contributed by atoms with Crippen molar-refractivity contribution < 1.29 is 23.2 Å². The van der Waals surface area contributed by atoms with Crippen molar-refractivity contribution in [2.75, 3.05) is 26.0 Å². The van der Waals surface area contributed by atoms with Gasteiger partial charge in [-0.1, -0.05) is 0 Å². The second-order valence-electron chi connectivity index (χ2n) is 7.67. The van der Waals surface area contributed by atoms with Crippen LogP contribution in [0.1, 0.15) is 41.5 Å². The number of likely N-dealkylation sites (tertiary alicyclic amines) is 1. The number of amides is 2. The number of rotatable bonds is 4. The van der Waals surface area contributed by atoms with Crippen LogP contribution >= 0.6 is 12.0 Å². The molecular weight excluding hydrogens is 320 g/mol. The Morgan fingerprint density at radius 1 is 1.09 bits per heavy atom. The van der Waals surface area contributed by atoms with Gasteiger partial charge in [0.25, 0.3) is 0 Å². The molecule has 0 spiro atoms. The summed E-state index contributed by atoms with van der Waals surface area (Å²) >= 11 is 1.21. The van der Waals surface area contributed by atoms with Crippen molar-refractivity contribution in [1.29, 1.82) is 0 Å². The van der Waals surface area contributed by atoms with E-state index >= 15 is 0 Å². The topological polar surface area (TPSA) is 77.1 Å². The molecular formula is C15H28N2O5S. The Bertz CT molecular complexity index is 436. The van der Waals surface area contributed by atoms with Crippen LogP contribution in [0.5, 0.6) is 0 Å². The summed E-state index contributed by atoms with van der Waals surface area (Å²) in [5.74, 6) is 0. The van der Waals surface area contributed by atoms with Gasteiger partial charge in [0.05, 0.1) is 19.7 Å². The lowest BCUT2D eigenvalue weighted by molar-refractivity contribution is -0.0309. The molecule has 1 fully saturated rings. The third kappa shape index (κ3) is 6.87. The number of nitrogens with zero attached hydrogens (tertiary/aromatic N) is 1. The molecule has 23 heavy (non-hydrogen) atoms. The molecule has 0 bridgehead atoms. The van der Waals surface area contributed by atoms with Crippen molar-refractivity contribution in [3.63, 3.8) is 0 Å². The number of carbonyl (C=O) groups is 2. The predicted octanol–water partition coefficient (Wildman–Crippen LogP) is 2.80. The molecule has 1 saturated heterocycles. The summed E-state index contributed by atoms with van der Waals surface area (Å²) in [6, 6.07) is 0. The van der Waals surface area contributed by atoms with Crippen LogP contribution in [0, 0.1) is 0 Å². The molecule has 1 rings (SSSR count). The van der Waals surface area contributed by atoms with E-state index in [2.05, 4.69) is 5.32 Å². The molecule has 0 aliphatic carbocycles. The van der Waals surface area contributed by atoms with Gasteiger partial charge in [-0.2, -0.15) is 0 Å². The van der Waals surface area contributed by atoms with Gasteiger partial charge in [0.15, 0.2) is 0 Å². The highest BCUT2D eigenvalue weighted by Gasteiger charge is 2.48. The average Bonchev–Trinajstić information content (AvgIpc) is 2.26. The first-order valence-electron chi connectivity index (χ1n) is 7.51. The van der Waals surface area contributed by atoms with Gasteiger partial charge in [-0.3, -0.25) is 0 Å². The monoisotopic (exact) mass is 348 g/mol. The minimum atomic E-state index is -0.651. The maximum atomic E-state index is 12.0. The van der Waals surface area contributed by atoms with E-state index in [1.807, 2.05) is 20.8 Å². The zero-order valence-electron chi connectivity index (χ0n) is 15.0. The van der Waals surface area contributed by atoms with Gasteiger partial charge in [0.2, 0.25) is 0 Å². The molecule has 0 aromatic heterocycles. The fourth-order valence-corrected chi connectivity index (χ4v) is 2.38. The first-order valence-corrected chi connectivity index (χ1v) is 8.65. The first-order chi connectivity index (χ1) is 10.4. The molecule has 0 aromatic rings. The highest BCUT2D eigenvalue weighted by atomic mass is 32.2. The molecule has 1 heterocycles. The fourth-order valence-electron chi connectivity index (χ4n) is 2.04. The van der Waals surface area contributed by atoms with Gasteiger partial charge < -0.3 is 23.9 Å². The zero-order valence-corrected chi connectivity index (χ0v) is 15.8. The van der Waals surface area contributed by atoms with Gasteiger partial charge in [-0.15, -0.1) is 0 Å². The maximum absolute atomic E-state index is 12.0. The van der Waals surface area contributed by atoms with E-state index in [0.29, 0.717) is 13.1 Å². The minimum absolute atomic E-state index is 0.284. The van der Waals surface area contributed by atoms with Gasteiger partial charge in [0.1, 0.15) is 16.7 Å². The number of nitrogens with one attached hydrogen (secondary N) is 1. The highest BCUT2D eigenvalue weighted by molar-refractivity contribution is 7.93.